The van der Waals surface area contributed by atoms with Crippen molar-refractivity contribution in [3.63, 3.8) is 0 Å². The van der Waals surface area contributed by atoms with Gasteiger partial charge >= 0.3 is 0 Å². The summed E-state index contributed by atoms with van der Waals surface area (Å²) in [6.45, 7) is 2.30. The summed E-state index contributed by atoms with van der Waals surface area (Å²) in [5, 5.41) is 0. The van der Waals surface area contributed by atoms with Crippen LogP contribution in [0.4, 0.5) is 0 Å². The molecule has 104 valence electrons. The van der Waals surface area contributed by atoms with E-state index in [0.29, 0.717) is 5.92 Å². The van der Waals surface area contributed by atoms with Crippen LogP contribution in [0.1, 0.15) is 49.7 Å². The number of nitrogens with zero attached hydrogens (tertiary/aromatic N) is 1. The Kier molecular flexibility index (Phi) is 3.71. The van der Waals surface area contributed by atoms with E-state index in [4.69, 9.17) is 17.0 Å². The minimum atomic E-state index is -0.256. The third-order valence-corrected chi connectivity index (χ3v) is 5.70. The van der Waals surface area contributed by atoms with Crippen molar-refractivity contribution in [2.45, 2.75) is 49.7 Å². The third kappa shape index (κ3) is 2.36. The number of aromatic nitrogens is 2. The van der Waals surface area contributed by atoms with Crippen LogP contribution in [0.25, 0.3) is 0 Å². The van der Waals surface area contributed by atoms with Gasteiger partial charge in [-0.05, 0) is 25.2 Å². The van der Waals surface area contributed by atoms with Gasteiger partial charge in [0.2, 0.25) is 0 Å². The van der Waals surface area contributed by atoms with Gasteiger partial charge in [0.1, 0.15) is 16.1 Å². The Morgan fingerprint density at radius 2 is 2.32 bits per heavy atom. The van der Waals surface area contributed by atoms with E-state index in [9.17, 15) is 0 Å². The van der Waals surface area contributed by atoms with E-state index in [1.165, 1.54) is 24.1 Å². The number of aromatic amines is 1. The largest absolute Gasteiger partial charge is 0.370 e. The summed E-state index contributed by atoms with van der Waals surface area (Å²) in [6.07, 6.45) is 4.56. The average molecular weight is 296 g/mol. The van der Waals surface area contributed by atoms with Crippen LogP contribution < -0.4 is 0 Å². The van der Waals surface area contributed by atoms with Gasteiger partial charge in [-0.15, -0.1) is 0 Å². The van der Waals surface area contributed by atoms with Gasteiger partial charge in [0, 0.05) is 29.9 Å². The fourth-order valence-electron chi connectivity index (χ4n) is 3.29. The molecule has 0 saturated heterocycles. The molecule has 0 amide bonds. The highest BCUT2D eigenvalue weighted by Gasteiger charge is 2.39. The second-order valence-electron chi connectivity index (χ2n) is 5.74. The van der Waals surface area contributed by atoms with Crippen molar-refractivity contribution < 1.29 is 4.74 Å². The van der Waals surface area contributed by atoms with Crippen LogP contribution in [-0.2, 0) is 21.8 Å². The number of H-pyrrole nitrogens is 1. The lowest BCUT2D eigenvalue weighted by Gasteiger charge is -2.38. The van der Waals surface area contributed by atoms with Crippen LogP contribution in [0.2, 0.25) is 0 Å². The van der Waals surface area contributed by atoms with Crippen molar-refractivity contribution in [2.24, 2.45) is 5.92 Å². The lowest BCUT2D eigenvalue weighted by Crippen LogP contribution is -2.36. The summed E-state index contributed by atoms with van der Waals surface area (Å²) < 4.78 is 6.67. The van der Waals surface area contributed by atoms with Crippen LogP contribution in [0.5, 0.6) is 0 Å². The number of nitrogens with one attached hydrogen (secondary N) is 1. The molecule has 1 aromatic heterocycles. The molecule has 2 heterocycles. The normalized spacial score (nSPS) is 30.3. The minimum Gasteiger partial charge on any atom is -0.370 e. The summed E-state index contributed by atoms with van der Waals surface area (Å²) >= 11 is 7.36. The Labute approximate surface area is 123 Å². The summed E-state index contributed by atoms with van der Waals surface area (Å²) in [5.41, 5.74) is 2.22. The molecule has 3 rings (SSSR count). The van der Waals surface area contributed by atoms with Gasteiger partial charge in [-0.3, -0.25) is 0 Å². The topological polar surface area (TPSA) is 37.9 Å². The molecule has 3 nitrogen and oxygen atoms in total. The van der Waals surface area contributed by atoms with Gasteiger partial charge in [0.15, 0.2) is 0 Å². The Hall–Kier alpha value is -0.390. The molecule has 0 radical (unpaired) electrons. The van der Waals surface area contributed by atoms with Crippen LogP contribution in [0.3, 0.4) is 0 Å². The summed E-state index contributed by atoms with van der Waals surface area (Å²) in [6, 6.07) is 0. The molecule has 2 unspecified atom stereocenters. The first kappa shape index (κ1) is 13.6. The van der Waals surface area contributed by atoms with Gasteiger partial charge in [0.05, 0.1) is 0 Å². The molecule has 1 aromatic rings. The van der Waals surface area contributed by atoms with Crippen molar-refractivity contribution in [3.05, 3.63) is 21.7 Å². The first-order chi connectivity index (χ1) is 9.14. The van der Waals surface area contributed by atoms with Gasteiger partial charge in [-0.25, -0.2) is 4.98 Å². The summed E-state index contributed by atoms with van der Waals surface area (Å²) in [5.74, 6) is 3.64. The first-order valence-electron chi connectivity index (χ1n) is 6.90. The van der Waals surface area contributed by atoms with E-state index >= 15 is 0 Å². The van der Waals surface area contributed by atoms with Crippen molar-refractivity contribution in [2.75, 3.05) is 7.11 Å². The third-order valence-electron chi connectivity index (χ3n) is 4.38. The molecule has 1 aliphatic carbocycles. The zero-order valence-corrected chi connectivity index (χ0v) is 13.1. The van der Waals surface area contributed by atoms with E-state index in [1.807, 2.05) is 11.8 Å². The zero-order valence-electron chi connectivity index (χ0n) is 11.5. The van der Waals surface area contributed by atoms with E-state index in [1.54, 1.807) is 7.11 Å². The molecule has 1 saturated carbocycles. The molecule has 0 bridgehead atoms. The molecular formula is C14H20N2OS2. The standard InChI is InChI=1S/C14H20N2OS2/c1-9-4-3-5-14(6-9,17-2)13-15-11-8-19-7-10(11)12(18)16-13/h9H,3-8H2,1-2H3,(H,15,16,18). The van der Waals surface area contributed by atoms with Crippen molar-refractivity contribution in [3.8, 4) is 0 Å². The number of hydrogen-bond acceptors (Lipinski definition) is 4. The molecule has 1 aliphatic heterocycles. The van der Waals surface area contributed by atoms with E-state index in [0.717, 1.165) is 34.8 Å². The van der Waals surface area contributed by atoms with Gasteiger partial charge in [0.25, 0.3) is 0 Å². The van der Waals surface area contributed by atoms with Gasteiger partial charge in [-0.1, -0.05) is 25.6 Å². The quantitative estimate of drug-likeness (QED) is 0.839. The van der Waals surface area contributed by atoms with E-state index in [2.05, 4.69) is 16.9 Å². The first-order valence-corrected chi connectivity index (χ1v) is 8.46. The number of thioether (sulfide) groups is 1. The fraction of sp³-hybridized carbons (Fsp3) is 0.714. The van der Waals surface area contributed by atoms with E-state index in [-0.39, 0.29) is 5.60 Å². The summed E-state index contributed by atoms with van der Waals surface area (Å²) in [4.78, 5) is 8.19. The highest BCUT2D eigenvalue weighted by molar-refractivity contribution is 7.98. The number of methoxy groups -OCH3 is 1. The molecule has 1 fully saturated rings. The van der Waals surface area contributed by atoms with Crippen molar-refractivity contribution in [1.29, 1.82) is 0 Å². The summed E-state index contributed by atoms with van der Waals surface area (Å²) in [7, 11) is 1.80. The monoisotopic (exact) mass is 296 g/mol. The molecule has 0 spiro atoms. The number of fused-ring (bicyclic) bond motifs is 1. The Bertz CT molecular complexity index is 543. The van der Waals surface area contributed by atoms with Crippen molar-refractivity contribution in [1.82, 2.24) is 9.97 Å². The van der Waals surface area contributed by atoms with Crippen LogP contribution in [0, 0.1) is 10.6 Å². The SMILES string of the molecule is COC1(c2nc(=S)c3c([nH]2)CSC3)CCCC(C)C1. The number of rotatable bonds is 2. The second-order valence-corrected chi connectivity index (χ2v) is 7.11. The molecule has 2 atom stereocenters. The van der Waals surface area contributed by atoms with Gasteiger partial charge < -0.3 is 9.72 Å². The molecule has 0 aromatic carbocycles. The van der Waals surface area contributed by atoms with Crippen molar-refractivity contribution >= 4 is 24.0 Å². The maximum atomic E-state index is 5.90. The zero-order chi connectivity index (χ0) is 13.5. The predicted octanol–water partition coefficient (Wildman–Crippen LogP) is 3.94. The minimum absolute atomic E-state index is 0.256. The Morgan fingerprint density at radius 1 is 1.47 bits per heavy atom. The average Bonchev–Trinajstić information content (AvgIpc) is 2.87. The second kappa shape index (κ2) is 5.19. The number of hydrogen-bond donors (Lipinski definition) is 1. The van der Waals surface area contributed by atoms with E-state index < -0.39 is 0 Å². The molecule has 19 heavy (non-hydrogen) atoms. The molecule has 5 heteroatoms. The number of ether oxygens (including phenoxy) is 1. The highest BCUT2D eigenvalue weighted by atomic mass is 32.2. The Balaban J connectivity index is 2.04. The molecular weight excluding hydrogens is 276 g/mol. The highest BCUT2D eigenvalue weighted by Crippen LogP contribution is 2.42. The fourth-order valence-corrected chi connectivity index (χ4v) is 4.73. The maximum absolute atomic E-state index is 5.90. The maximum Gasteiger partial charge on any atom is 0.140 e. The lowest BCUT2D eigenvalue weighted by molar-refractivity contribution is -0.0648. The lowest BCUT2D eigenvalue weighted by atomic mass is 9.78. The smallest absolute Gasteiger partial charge is 0.140 e. The van der Waals surface area contributed by atoms with Crippen LogP contribution in [0.15, 0.2) is 0 Å². The molecule has 2 aliphatic rings. The van der Waals surface area contributed by atoms with Crippen LogP contribution >= 0.6 is 24.0 Å². The van der Waals surface area contributed by atoms with Gasteiger partial charge in [-0.2, -0.15) is 11.8 Å². The van der Waals surface area contributed by atoms with Crippen LogP contribution in [-0.4, -0.2) is 17.1 Å². The Morgan fingerprint density at radius 3 is 3.05 bits per heavy atom. The predicted molar refractivity (Wildman–Crippen MR) is 80.7 cm³/mol. The molecule has 1 N–H and O–H groups in total.